The van der Waals surface area contributed by atoms with Gasteiger partial charge < -0.3 is 15.3 Å². The van der Waals surface area contributed by atoms with Gasteiger partial charge in [0.05, 0.1) is 0 Å². The molecule has 1 aliphatic rings. The molecule has 0 aromatic heterocycles. The molecule has 2 amide bonds. The summed E-state index contributed by atoms with van der Waals surface area (Å²) in [5, 5.41) is 13.3. The summed E-state index contributed by atoms with van der Waals surface area (Å²) >= 11 is 5.82. The standard InChI is InChI=1S/C18H20ClN3O4S/c1-13-2-7-16(23)17(12-13)27(25,26)22-10-8-21(9-11-22)18(24)20-15-5-3-14(19)4-6-15/h2-7,12,23H,8-11H2,1H3,(H,20,24). The van der Waals surface area contributed by atoms with Crippen LogP contribution in [0.1, 0.15) is 5.56 Å². The van der Waals surface area contributed by atoms with Gasteiger partial charge in [0.15, 0.2) is 0 Å². The van der Waals surface area contributed by atoms with Gasteiger partial charge >= 0.3 is 6.03 Å². The van der Waals surface area contributed by atoms with E-state index in [9.17, 15) is 18.3 Å². The lowest BCUT2D eigenvalue weighted by molar-refractivity contribution is 0.184. The first-order chi connectivity index (χ1) is 12.8. The summed E-state index contributed by atoms with van der Waals surface area (Å²) in [6.45, 7) is 2.58. The van der Waals surface area contributed by atoms with E-state index in [0.29, 0.717) is 10.7 Å². The maximum Gasteiger partial charge on any atom is 0.321 e. The fourth-order valence-electron chi connectivity index (χ4n) is 2.83. The number of carbonyl (C=O) groups is 1. The van der Waals surface area contributed by atoms with Crippen LogP contribution in [0.2, 0.25) is 5.02 Å². The normalized spacial score (nSPS) is 15.6. The Morgan fingerprint density at radius 3 is 2.33 bits per heavy atom. The Morgan fingerprint density at radius 1 is 1.07 bits per heavy atom. The number of amides is 2. The second-order valence-electron chi connectivity index (χ2n) is 6.30. The average Bonchev–Trinajstić information content (AvgIpc) is 2.65. The van der Waals surface area contributed by atoms with Crippen molar-refractivity contribution in [1.82, 2.24) is 9.21 Å². The Hall–Kier alpha value is -2.29. The molecule has 2 aromatic carbocycles. The highest BCUT2D eigenvalue weighted by Gasteiger charge is 2.31. The summed E-state index contributed by atoms with van der Waals surface area (Å²) in [6.07, 6.45) is 0. The molecule has 9 heteroatoms. The third-order valence-corrected chi connectivity index (χ3v) is 6.53. The summed E-state index contributed by atoms with van der Waals surface area (Å²) in [7, 11) is -3.82. The zero-order valence-corrected chi connectivity index (χ0v) is 16.3. The van der Waals surface area contributed by atoms with E-state index in [0.717, 1.165) is 5.56 Å². The van der Waals surface area contributed by atoms with Crippen LogP contribution < -0.4 is 5.32 Å². The first-order valence-electron chi connectivity index (χ1n) is 8.38. The second kappa shape index (κ2) is 7.75. The van der Waals surface area contributed by atoms with Crippen molar-refractivity contribution < 1.29 is 18.3 Å². The summed E-state index contributed by atoms with van der Waals surface area (Å²) in [4.78, 5) is 13.8. The van der Waals surface area contributed by atoms with Crippen molar-refractivity contribution in [2.75, 3.05) is 31.5 Å². The molecule has 0 radical (unpaired) electrons. The first kappa shape index (κ1) is 19.5. The molecule has 7 nitrogen and oxygen atoms in total. The van der Waals surface area contributed by atoms with E-state index in [2.05, 4.69) is 5.32 Å². The van der Waals surface area contributed by atoms with Gasteiger partial charge in [-0.05, 0) is 48.9 Å². The fraction of sp³-hybridized carbons (Fsp3) is 0.278. The molecule has 1 heterocycles. The molecule has 0 unspecified atom stereocenters. The molecule has 2 aromatic rings. The number of piperazine rings is 1. The number of urea groups is 1. The third-order valence-electron chi connectivity index (χ3n) is 4.35. The van der Waals surface area contributed by atoms with E-state index in [4.69, 9.17) is 11.6 Å². The SMILES string of the molecule is Cc1ccc(O)c(S(=O)(=O)N2CCN(C(=O)Nc3ccc(Cl)cc3)CC2)c1. The highest BCUT2D eigenvalue weighted by atomic mass is 35.5. The van der Waals surface area contributed by atoms with Crippen LogP contribution in [-0.4, -0.2) is 54.9 Å². The van der Waals surface area contributed by atoms with Crippen LogP contribution in [0.15, 0.2) is 47.4 Å². The predicted octanol–water partition coefficient (Wildman–Crippen LogP) is 2.89. The molecule has 0 atom stereocenters. The molecule has 0 spiro atoms. The van der Waals surface area contributed by atoms with Crippen LogP contribution in [0.4, 0.5) is 10.5 Å². The van der Waals surface area contributed by atoms with E-state index in [1.807, 2.05) is 0 Å². The smallest absolute Gasteiger partial charge is 0.321 e. The van der Waals surface area contributed by atoms with Crippen molar-refractivity contribution in [2.45, 2.75) is 11.8 Å². The van der Waals surface area contributed by atoms with Crippen molar-refractivity contribution in [3.63, 3.8) is 0 Å². The van der Waals surface area contributed by atoms with Gasteiger partial charge in [0.1, 0.15) is 10.6 Å². The van der Waals surface area contributed by atoms with Crippen LogP contribution in [-0.2, 0) is 10.0 Å². The molecule has 1 fully saturated rings. The van der Waals surface area contributed by atoms with Crippen LogP contribution in [0.5, 0.6) is 5.75 Å². The van der Waals surface area contributed by atoms with Gasteiger partial charge in [-0.25, -0.2) is 13.2 Å². The van der Waals surface area contributed by atoms with E-state index in [1.54, 1.807) is 42.2 Å². The minimum absolute atomic E-state index is 0.110. The fourth-order valence-corrected chi connectivity index (χ4v) is 4.55. The quantitative estimate of drug-likeness (QED) is 0.815. The number of anilines is 1. The number of sulfonamides is 1. The highest BCUT2D eigenvalue weighted by Crippen LogP contribution is 2.27. The molecular formula is C18H20ClN3O4S. The lowest BCUT2D eigenvalue weighted by Crippen LogP contribution is -2.51. The number of hydrogen-bond acceptors (Lipinski definition) is 4. The highest BCUT2D eigenvalue weighted by molar-refractivity contribution is 7.89. The summed E-state index contributed by atoms with van der Waals surface area (Å²) < 4.78 is 26.9. The van der Waals surface area contributed by atoms with E-state index < -0.39 is 10.0 Å². The minimum atomic E-state index is -3.82. The topological polar surface area (TPSA) is 90.0 Å². The van der Waals surface area contributed by atoms with Gasteiger partial charge in [-0.2, -0.15) is 4.31 Å². The number of phenols is 1. The molecule has 0 saturated carbocycles. The number of aryl methyl sites for hydroxylation is 1. The number of nitrogens with one attached hydrogen (secondary N) is 1. The maximum absolute atomic E-state index is 12.8. The van der Waals surface area contributed by atoms with E-state index >= 15 is 0 Å². The Balaban J connectivity index is 1.65. The van der Waals surface area contributed by atoms with Crippen molar-refractivity contribution >= 4 is 33.3 Å². The van der Waals surface area contributed by atoms with Gasteiger partial charge in [0, 0.05) is 36.9 Å². The number of benzene rings is 2. The molecule has 1 aliphatic heterocycles. The van der Waals surface area contributed by atoms with Crippen LogP contribution >= 0.6 is 11.6 Å². The predicted molar refractivity (Wildman–Crippen MR) is 104 cm³/mol. The van der Waals surface area contributed by atoms with E-state index in [-0.39, 0.29) is 42.9 Å². The summed E-state index contributed by atoms with van der Waals surface area (Å²) in [5.41, 5.74) is 1.36. The Morgan fingerprint density at radius 2 is 1.70 bits per heavy atom. The molecule has 3 rings (SSSR count). The lowest BCUT2D eigenvalue weighted by Gasteiger charge is -2.34. The summed E-state index contributed by atoms with van der Waals surface area (Å²) in [5.74, 6) is -0.275. The largest absolute Gasteiger partial charge is 0.507 e. The molecule has 0 aliphatic carbocycles. The molecule has 1 saturated heterocycles. The number of carbonyl (C=O) groups excluding carboxylic acids is 1. The number of nitrogens with zero attached hydrogens (tertiary/aromatic N) is 2. The molecule has 2 N–H and O–H groups in total. The zero-order chi connectivity index (χ0) is 19.6. The molecule has 0 bridgehead atoms. The van der Waals surface area contributed by atoms with Crippen molar-refractivity contribution in [2.24, 2.45) is 0 Å². The van der Waals surface area contributed by atoms with Crippen molar-refractivity contribution in [3.05, 3.63) is 53.1 Å². The Bertz CT molecular complexity index is 940. The number of aromatic hydroxyl groups is 1. The number of phenolic OH excluding ortho intramolecular Hbond substituents is 1. The average molecular weight is 410 g/mol. The van der Waals surface area contributed by atoms with Crippen LogP contribution in [0.3, 0.4) is 0 Å². The second-order valence-corrected chi connectivity index (χ2v) is 8.64. The maximum atomic E-state index is 12.8. The van der Waals surface area contributed by atoms with Gasteiger partial charge in [-0.15, -0.1) is 0 Å². The number of hydrogen-bond donors (Lipinski definition) is 2. The number of halogens is 1. The lowest BCUT2D eigenvalue weighted by atomic mass is 10.2. The van der Waals surface area contributed by atoms with Crippen molar-refractivity contribution in [1.29, 1.82) is 0 Å². The van der Waals surface area contributed by atoms with Gasteiger partial charge in [0.2, 0.25) is 10.0 Å². The van der Waals surface area contributed by atoms with E-state index in [1.165, 1.54) is 16.4 Å². The Labute approximate surface area is 163 Å². The van der Waals surface area contributed by atoms with Crippen molar-refractivity contribution in [3.8, 4) is 5.75 Å². The minimum Gasteiger partial charge on any atom is -0.507 e. The zero-order valence-electron chi connectivity index (χ0n) is 14.7. The molecular weight excluding hydrogens is 390 g/mol. The molecule has 27 heavy (non-hydrogen) atoms. The van der Waals surface area contributed by atoms with Gasteiger partial charge in [-0.3, -0.25) is 0 Å². The monoisotopic (exact) mass is 409 g/mol. The van der Waals surface area contributed by atoms with Gasteiger partial charge in [-0.1, -0.05) is 17.7 Å². The third kappa shape index (κ3) is 4.35. The van der Waals surface area contributed by atoms with Crippen LogP contribution in [0.25, 0.3) is 0 Å². The van der Waals surface area contributed by atoms with Gasteiger partial charge in [0.25, 0.3) is 0 Å². The Kier molecular flexibility index (Phi) is 5.59. The summed E-state index contributed by atoms with van der Waals surface area (Å²) in [6, 6.07) is 10.9. The van der Waals surface area contributed by atoms with Crippen LogP contribution in [0, 0.1) is 6.92 Å². The number of rotatable bonds is 3. The molecule has 144 valence electrons. The first-order valence-corrected chi connectivity index (χ1v) is 10.2.